The van der Waals surface area contributed by atoms with E-state index in [1.54, 1.807) is 12.4 Å². The first kappa shape index (κ1) is 14.8. The summed E-state index contributed by atoms with van der Waals surface area (Å²) in [6.45, 7) is 0. The van der Waals surface area contributed by atoms with E-state index in [9.17, 15) is 0 Å². The number of rotatable bonds is 2. The number of fused-ring (bicyclic) bond motifs is 3. The number of hydrogen-bond donors (Lipinski definition) is 0. The Balaban J connectivity index is 1.61. The molecule has 5 rings (SSSR count). The summed E-state index contributed by atoms with van der Waals surface area (Å²) in [5, 5.41) is 0. The Morgan fingerprint density at radius 2 is 1.42 bits per heavy atom. The summed E-state index contributed by atoms with van der Waals surface area (Å²) in [7, 11) is 0. The Morgan fingerprint density at radius 3 is 2.27 bits per heavy atom. The van der Waals surface area contributed by atoms with E-state index in [1.165, 1.54) is 0 Å². The van der Waals surface area contributed by atoms with Crippen molar-refractivity contribution in [2.75, 3.05) is 0 Å². The van der Waals surface area contributed by atoms with Gasteiger partial charge < -0.3 is 0 Å². The van der Waals surface area contributed by atoms with E-state index in [1.807, 2.05) is 54.9 Å². The van der Waals surface area contributed by atoms with Gasteiger partial charge in [0.2, 0.25) is 0 Å². The van der Waals surface area contributed by atoms with Crippen molar-refractivity contribution >= 4 is 0 Å². The molecular formula is C21H15N5. The number of pyridine rings is 1. The molecule has 3 aromatic heterocycles. The van der Waals surface area contributed by atoms with Gasteiger partial charge in [0.05, 0.1) is 11.4 Å². The van der Waals surface area contributed by atoms with Gasteiger partial charge in [-0.15, -0.1) is 0 Å². The van der Waals surface area contributed by atoms with Gasteiger partial charge in [-0.25, -0.2) is 19.9 Å². The highest BCUT2D eigenvalue weighted by molar-refractivity contribution is 5.71. The predicted molar refractivity (Wildman–Crippen MR) is 99.1 cm³/mol. The molecule has 0 N–H and O–H groups in total. The largest absolute Gasteiger partial charge is 0.265 e. The lowest BCUT2D eigenvalue weighted by Gasteiger charge is -2.18. The molecule has 0 bridgehead atoms. The SMILES string of the molecule is c1ccc(-c2ncc3c(n2)-c2cnc(-c4ccncc4)nc2CC3)cc1. The molecule has 4 aromatic rings. The van der Waals surface area contributed by atoms with Crippen LogP contribution in [0.4, 0.5) is 0 Å². The Morgan fingerprint density at radius 1 is 0.692 bits per heavy atom. The van der Waals surface area contributed by atoms with Crippen LogP contribution in [-0.4, -0.2) is 24.9 Å². The molecule has 0 spiro atoms. The van der Waals surface area contributed by atoms with Crippen LogP contribution in [0.3, 0.4) is 0 Å². The van der Waals surface area contributed by atoms with Gasteiger partial charge in [0.1, 0.15) is 0 Å². The minimum absolute atomic E-state index is 0.729. The predicted octanol–water partition coefficient (Wildman–Crippen LogP) is 3.76. The molecule has 0 amide bonds. The average Bonchev–Trinajstić information content (AvgIpc) is 2.74. The van der Waals surface area contributed by atoms with Crippen molar-refractivity contribution in [1.29, 1.82) is 0 Å². The highest BCUT2D eigenvalue weighted by atomic mass is 14.9. The topological polar surface area (TPSA) is 64.5 Å². The first-order valence-electron chi connectivity index (χ1n) is 8.56. The van der Waals surface area contributed by atoms with Crippen LogP contribution in [0.5, 0.6) is 0 Å². The summed E-state index contributed by atoms with van der Waals surface area (Å²) in [4.78, 5) is 22.8. The van der Waals surface area contributed by atoms with Crippen LogP contribution in [0.15, 0.2) is 67.3 Å². The number of benzene rings is 1. The zero-order chi connectivity index (χ0) is 17.3. The third-order valence-corrected chi connectivity index (χ3v) is 4.59. The van der Waals surface area contributed by atoms with E-state index in [-0.39, 0.29) is 0 Å². The molecule has 0 saturated carbocycles. The summed E-state index contributed by atoms with van der Waals surface area (Å²) in [5.41, 5.74) is 6.12. The summed E-state index contributed by atoms with van der Waals surface area (Å²) in [5.74, 6) is 1.46. The van der Waals surface area contributed by atoms with Crippen molar-refractivity contribution in [2.24, 2.45) is 0 Å². The maximum Gasteiger partial charge on any atom is 0.159 e. The molecule has 1 aliphatic rings. The van der Waals surface area contributed by atoms with E-state index in [2.05, 4.69) is 15.0 Å². The Hall–Kier alpha value is -3.47. The van der Waals surface area contributed by atoms with E-state index in [0.717, 1.165) is 58.1 Å². The van der Waals surface area contributed by atoms with E-state index < -0.39 is 0 Å². The lowest BCUT2D eigenvalue weighted by molar-refractivity contribution is 0.866. The van der Waals surface area contributed by atoms with Crippen molar-refractivity contribution in [3.8, 4) is 34.0 Å². The van der Waals surface area contributed by atoms with Crippen LogP contribution in [0.2, 0.25) is 0 Å². The lowest BCUT2D eigenvalue weighted by atomic mass is 9.94. The number of hydrogen-bond acceptors (Lipinski definition) is 5. The van der Waals surface area contributed by atoms with Gasteiger partial charge in [0.25, 0.3) is 0 Å². The molecule has 0 radical (unpaired) electrons. The summed E-state index contributed by atoms with van der Waals surface area (Å²) in [6.07, 6.45) is 9.10. The number of nitrogens with zero attached hydrogens (tertiary/aromatic N) is 5. The zero-order valence-electron chi connectivity index (χ0n) is 14.0. The van der Waals surface area contributed by atoms with E-state index in [0.29, 0.717) is 0 Å². The van der Waals surface area contributed by atoms with Gasteiger partial charge in [-0.1, -0.05) is 30.3 Å². The average molecular weight is 337 g/mol. The fourth-order valence-corrected chi connectivity index (χ4v) is 3.25. The Kier molecular flexibility index (Phi) is 3.49. The van der Waals surface area contributed by atoms with Crippen LogP contribution in [-0.2, 0) is 12.8 Å². The maximum atomic E-state index is 4.83. The van der Waals surface area contributed by atoms with Crippen molar-refractivity contribution < 1.29 is 0 Å². The molecule has 0 fully saturated rings. The molecule has 0 atom stereocenters. The van der Waals surface area contributed by atoms with Crippen molar-refractivity contribution in [1.82, 2.24) is 24.9 Å². The second-order valence-corrected chi connectivity index (χ2v) is 6.22. The molecule has 5 heteroatoms. The van der Waals surface area contributed by atoms with Crippen LogP contribution in [0.25, 0.3) is 34.0 Å². The monoisotopic (exact) mass is 337 g/mol. The summed E-state index contributed by atoms with van der Waals surface area (Å²) in [6, 6.07) is 13.9. The first-order chi connectivity index (χ1) is 12.9. The Bertz CT molecular complexity index is 1080. The van der Waals surface area contributed by atoms with Crippen LogP contribution in [0.1, 0.15) is 11.3 Å². The smallest absolute Gasteiger partial charge is 0.159 e. The minimum atomic E-state index is 0.729. The highest BCUT2D eigenvalue weighted by Crippen LogP contribution is 2.32. The molecule has 26 heavy (non-hydrogen) atoms. The molecule has 5 nitrogen and oxygen atoms in total. The molecule has 0 unspecified atom stereocenters. The molecule has 3 heterocycles. The highest BCUT2D eigenvalue weighted by Gasteiger charge is 2.21. The van der Waals surface area contributed by atoms with Gasteiger partial charge in [-0.2, -0.15) is 0 Å². The minimum Gasteiger partial charge on any atom is -0.265 e. The van der Waals surface area contributed by atoms with Gasteiger partial charge >= 0.3 is 0 Å². The lowest BCUT2D eigenvalue weighted by Crippen LogP contribution is -2.10. The fraction of sp³-hybridized carbons (Fsp3) is 0.0952. The molecule has 0 saturated heterocycles. The normalized spacial score (nSPS) is 12.3. The van der Waals surface area contributed by atoms with Crippen LogP contribution in [0, 0.1) is 0 Å². The molecular weight excluding hydrogens is 322 g/mol. The van der Waals surface area contributed by atoms with Gasteiger partial charge in [0.15, 0.2) is 11.6 Å². The standard InChI is InChI=1S/C21H15N5/c1-2-4-14(5-3-1)21-23-12-16-6-7-18-17(19(16)26-21)13-24-20(25-18)15-8-10-22-11-9-15/h1-5,8-13H,6-7H2. The molecule has 0 aliphatic heterocycles. The van der Waals surface area contributed by atoms with Gasteiger partial charge in [-0.3, -0.25) is 4.98 Å². The third-order valence-electron chi connectivity index (χ3n) is 4.59. The maximum absolute atomic E-state index is 4.83. The second-order valence-electron chi connectivity index (χ2n) is 6.22. The van der Waals surface area contributed by atoms with Crippen LogP contribution >= 0.6 is 0 Å². The molecule has 1 aliphatic carbocycles. The van der Waals surface area contributed by atoms with Gasteiger partial charge in [-0.05, 0) is 30.5 Å². The van der Waals surface area contributed by atoms with Crippen LogP contribution < -0.4 is 0 Å². The molecule has 124 valence electrons. The quantitative estimate of drug-likeness (QED) is 0.557. The Labute approximate surface area is 150 Å². The number of aromatic nitrogens is 5. The van der Waals surface area contributed by atoms with Gasteiger partial charge in [0, 0.05) is 41.5 Å². The first-order valence-corrected chi connectivity index (χ1v) is 8.56. The number of aryl methyl sites for hydroxylation is 2. The van der Waals surface area contributed by atoms with E-state index >= 15 is 0 Å². The molecule has 1 aromatic carbocycles. The van der Waals surface area contributed by atoms with Crippen molar-refractivity contribution in [3.05, 3.63) is 78.5 Å². The summed E-state index contributed by atoms with van der Waals surface area (Å²) >= 11 is 0. The van der Waals surface area contributed by atoms with Crippen molar-refractivity contribution in [2.45, 2.75) is 12.8 Å². The second kappa shape index (κ2) is 6.11. The zero-order valence-corrected chi connectivity index (χ0v) is 14.0. The third kappa shape index (κ3) is 2.54. The fourth-order valence-electron chi connectivity index (χ4n) is 3.25. The van der Waals surface area contributed by atoms with E-state index in [4.69, 9.17) is 9.97 Å². The van der Waals surface area contributed by atoms with Crippen molar-refractivity contribution in [3.63, 3.8) is 0 Å². The summed E-state index contributed by atoms with van der Waals surface area (Å²) < 4.78 is 0.